The van der Waals surface area contributed by atoms with Crippen LogP contribution in [-0.4, -0.2) is 25.7 Å². The van der Waals surface area contributed by atoms with Gasteiger partial charge in [0.05, 0.1) is 17.5 Å². The molecule has 0 bridgehead atoms. The zero-order chi connectivity index (χ0) is 17.2. The van der Waals surface area contributed by atoms with E-state index in [4.69, 9.17) is 0 Å². The topological polar surface area (TPSA) is 84.7 Å². The van der Waals surface area contributed by atoms with Crippen molar-refractivity contribution >= 4 is 17.5 Å². The van der Waals surface area contributed by atoms with Gasteiger partial charge in [-0.2, -0.15) is 10.1 Å². The molecule has 1 aliphatic heterocycles. The van der Waals surface area contributed by atoms with Crippen LogP contribution in [0.3, 0.4) is 0 Å². The first kappa shape index (κ1) is 15.1. The fraction of sp³-hybridized carbons (Fsp3) is 0.111. The van der Waals surface area contributed by atoms with Crippen LogP contribution in [0.4, 0.5) is 11.6 Å². The smallest absolute Gasteiger partial charge is 0.255 e. The minimum atomic E-state index is -0.350. The maximum atomic E-state index is 13.0. The molecule has 2 aromatic heterocycles. The van der Waals surface area contributed by atoms with Gasteiger partial charge in [-0.3, -0.25) is 9.78 Å². The highest BCUT2D eigenvalue weighted by Crippen LogP contribution is 2.34. The summed E-state index contributed by atoms with van der Waals surface area (Å²) in [6.07, 6.45) is 4.76. The molecule has 124 valence electrons. The van der Waals surface area contributed by atoms with Gasteiger partial charge < -0.3 is 10.6 Å². The van der Waals surface area contributed by atoms with E-state index in [1.54, 1.807) is 29.2 Å². The molecular weight excluding hydrogens is 316 g/mol. The molecular formula is C18H16N6O. The molecule has 1 aliphatic rings. The zero-order valence-corrected chi connectivity index (χ0v) is 13.5. The average molecular weight is 332 g/mol. The van der Waals surface area contributed by atoms with Crippen LogP contribution in [0.2, 0.25) is 0 Å². The van der Waals surface area contributed by atoms with E-state index in [0.717, 1.165) is 11.3 Å². The molecule has 0 spiro atoms. The lowest BCUT2D eigenvalue weighted by molar-refractivity contribution is -0.113. The van der Waals surface area contributed by atoms with Gasteiger partial charge in [0.25, 0.3) is 5.91 Å². The van der Waals surface area contributed by atoms with Crippen molar-refractivity contribution in [3.8, 4) is 0 Å². The lowest BCUT2D eigenvalue weighted by atomic mass is 9.95. The highest BCUT2D eigenvalue weighted by Gasteiger charge is 2.33. The average Bonchev–Trinajstić information content (AvgIpc) is 3.10. The van der Waals surface area contributed by atoms with Crippen LogP contribution in [0.5, 0.6) is 0 Å². The quantitative estimate of drug-likeness (QED) is 0.770. The number of benzene rings is 1. The summed E-state index contributed by atoms with van der Waals surface area (Å²) in [7, 11) is 0. The fourth-order valence-electron chi connectivity index (χ4n) is 2.96. The molecule has 0 saturated carbocycles. The summed E-state index contributed by atoms with van der Waals surface area (Å²) in [5.41, 5.74) is 2.94. The van der Waals surface area contributed by atoms with Crippen LogP contribution >= 0.6 is 0 Å². The van der Waals surface area contributed by atoms with Crippen LogP contribution < -0.4 is 10.6 Å². The lowest BCUT2D eigenvalue weighted by Crippen LogP contribution is -2.31. The van der Waals surface area contributed by atoms with Crippen molar-refractivity contribution in [2.24, 2.45) is 0 Å². The second-order valence-electron chi connectivity index (χ2n) is 5.70. The highest BCUT2D eigenvalue weighted by atomic mass is 16.1. The maximum absolute atomic E-state index is 13.0. The second kappa shape index (κ2) is 6.20. The number of aromatic nitrogens is 4. The number of carbonyl (C=O) groups excluding carboxylic acids is 1. The molecule has 4 rings (SSSR count). The molecule has 1 unspecified atom stereocenters. The molecule has 0 aliphatic carbocycles. The third-order valence-corrected chi connectivity index (χ3v) is 4.07. The Morgan fingerprint density at radius 1 is 1.20 bits per heavy atom. The Morgan fingerprint density at radius 3 is 2.80 bits per heavy atom. The molecule has 3 aromatic rings. The number of hydrogen-bond donors (Lipinski definition) is 2. The Balaban J connectivity index is 1.77. The van der Waals surface area contributed by atoms with Crippen molar-refractivity contribution in [1.82, 2.24) is 19.7 Å². The number of nitrogens with zero attached hydrogens (tertiary/aromatic N) is 4. The van der Waals surface area contributed by atoms with E-state index < -0.39 is 0 Å². The molecule has 25 heavy (non-hydrogen) atoms. The van der Waals surface area contributed by atoms with Crippen molar-refractivity contribution in [2.75, 3.05) is 10.6 Å². The van der Waals surface area contributed by atoms with Gasteiger partial charge in [0.2, 0.25) is 5.95 Å². The monoisotopic (exact) mass is 332 g/mol. The standard InChI is InChI=1S/C18H16N6O/c1-12-15(17(25)23-14-8-5-9-19-10-14)16(13-6-3-2-4-7-13)24-18(22-12)20-11-21-24/h2-11,16H,1H3,(H,23,25)(H,20,21,22). The van der Waals surface area contributed by atoms with Crippen molar-refractivity contribution in [2.45, 2.75) is 13.0 Å². The summed E-state index contributed by atoms with van der Waals surface area (Å²) in [5, 5.41) is 10.4. The second-order valence-corrected chi connectivity index (χ2v) is 5.70. The number of rotatable bonds is 3. The molecule has 0 saturated heterocycles. The van der Waals surface area contributed by atoms with Gasteiger partial charge in [-0.1, -0.05) is 30.3 Å². The van der Waals surface area contributed by atoms with Gasteiger partial charge in [0.1, 0.15) is 12.4 Å². The van der Waals surface area contributed by atoms with E-state index in [-0.39, 0.29) is 11.9 Å². The molecule has 1 atom stereocenters. The minimum absolute atomic E-state index is 0.201. The first-order valence-corrected chi connectivity index (χ1v) is 7.87. The van der Waals surface area contributed by atoms with Gasteiger partial charge in [-0.05, 0) is 24.6 Å². The maximum Gasteiger partial charge on any atom is 0.255 e. The molecule has 1 aromatic carbocycles. The van der Waals surface area contributed by atoms with Crippen LogP contribution in [0.15, 0.2) is 72.5 Å². The van der Waals surface area contributed by atoms with E-state index in [1.165, 1.54) is 6.33 Å². The molecule has 2 N–H and O–H groups in total. The van der Waals surface area contributed by atoms with Crippen molar-refractivity contribution in [1.29, 1.82) is 0 Å². The van der Waals surface area contributed by atoms with Crippen LogP contribution in [-0.2, 0) is 4.79 Å². The number of allylic oxidation sites excluding steroid dienone is 1. The van der Waals surface area contributed by atoms with Gasteiger partial charge in [0, 0.05) is 11.9 Å². The predicted octanol–water partition coefficient (Wildman–Crippen LogP) is 2.60. The number of carbonyl (C=O) groups is 1. The van der Waals surface area contributed by atoms with E-state index in [9.17, 15) is 4.79 Å². The third kappa shape index (κ3) is 2.76. The molecule has 0 radical (unpaired) electrons. The number of fused-ring (bicyclic) bond motifs is 1. The first-order chi connectivity index (χ1) is 12.2. The summed E-state index contributed by atoms with van der Waals surface area (Å²) in [6.45, 7) is 1.87. The Bertz CT molecular complexity index is 932. The Kier molecular flexibility index (Phi) is 3.74. The van der Waals surface area contributed by atoms with Crippen LogP contribution in [0.1, 0.15) is 18.5 Å². The van der Waals surface area contributed by atoms with Crippen LogP contribution in [0.25, 0.3) is 0 Å². The van der Waals surface area contributed by atoms with Crippen LogP contribution in [0, 0.1) is 0 Å². The SMILES string of the molecule is CC1=C(C(=O)Nc2cccnc2)C(c2ccccc2)n2ncnc2N1. The van der Waals surface area contributed by atoms with E-state index >= 15 is 0 Å². The number of pyridine rings is 1. The highest BCUT2D eigenvalue weighted by molar-refractivity contribution is 6.05. The molecule has 7 heteroatoms. The summed E-state index contributed by atoms with van der Waals surface area (Å²) < 4.78 is 1.72. The number of hydrogen-bond acceptors (Lipinski definition) is 5. The van der Waals surface area contributed by atoms with Gasteiger partial charge >= 0.3 is 0 Å². The largest absolute Gasteiger partial charge is 0.328 e. The summed E-state index contributed by atoms with van der Waals surface area (Å²) in [4.78, 5) is 21.3. The van der Waals surface area contributed by atoms with Gasteiger partial charge in [-0.15, -0.1) is 0 Å². The third-order valence-electron chi connectivity index (χ3n) is 4.07. The summed E-state index contributed by atoms with van der Waals surface area (Å²) in [5.74, 6) is 0.414. The predicted molar refractivity (Wildman–Crippen MR) is 93.8 cm³/mol. The van der Waals surface area contributed by atoms with Crippen molar-refractivity contribution < 1.29 is 4.79 Å². The van der Waals surface area contributed by atoms with Crippen molar-refractivity contribution in [3.05, 3.63) is 78.0 Å². The normalized spacial score (nSPS) is 16.1. The summed E-state index contributed by atoms with van der Waals surface area (Å²) >= 11 is 0. The number of anilines is 2. The molecule has 0 fully saturated rings. The number of nitrogens with one attached hydrogen (secondary N) is 2. The minimum Gasteiger partial charge on any atom is -0.328 e. The lowest BCUT2D eigenvalue weighted by Gasteiger charge is -2.28. The number of amides is 1. The molecule has 3 heterocycles. The Hall–Kier alpha value is -3.48. The fourth-order valence-corrected chi connectivity index (χ4v) is 2.96. The van der Waals surface area contributed by atoms with Gasteiger partial charge in [-0.25, -0.2) is 4.68 Å². The van der Waals surface area contributed by atoms with Crippen molar-refractivity contribution in [3.63, 3.8) is 0 Å². The Morgan fingerprint density at radius 2 is 2.04 bits per heavy atom. The van der Waals surface area contributed by atoms with E-state index in [1.807, 2.05) is 37.3 Å². The first-order valence-electron chi connectivity index (χ1n) is 7.87. The van der Waals surface area contributed by atoms with Gasteiger partial charge in [0.15, 0.2) is 0 Å². The molecule has 7 nitrogen and oxygen atoms in total. The summed E-state index contributed by atoms with van der Waals surface area (Å²) in [6, 6.07) is 13.0. The van der Waals surface area contributed by atoms with E-state index in [2.05, 4.69) is 25.7 Å². The molecule has 1 amide bonds. The Labute approximate surface area is 144 Å². The van der Waals surface area contributed by atoms with E-state index in [0.29, 0.717) is 17.2 Å². The zero-order valence-electron chi connectivity index (χ0n) is 13.5.